The molecule has 14 heavy (non-hydrogen) atoms. The Hall–Kier alpha value is -0.905. The highest BCUT2D eigenvalue weighted by Crippen LogP contribution is 2.38. The molecule has 1 heterocycles. The first-order chi connectivity index (χ1) is 6.84. The molecule has 68 valence electrons. The van der Waals surface area contributed by atoms with Gasteiger partial charge in [-0.1, -0.05) is 24.3 Å². The lowest BCUT2D eigenvalue weighted by Crippen LogP contribution is -2.25. The Kier molecular flexibility index (Phi) is 1.83. The van der Waals surface area contributed by atoms with Gasteiger partial charge < -0.3 is 9.31 Å². The molecule has 0 spiro atoms. The normalized spacial score (nSPS) is 13.6. The van der Waals surface area contributed by atoms with Gasteiger partial charge in [-0.05, 0) is 39.9 Å². The highest BCUT2D eigenvalue weighted by molar-refractivity contribution is 14.1. The van der Waals surface area contributed by atoms with Crippen LogP contribution in [0.2, 0.25) is 0 Å². The van der Waals surface area contributed by atoms with E-state index in [2.05, 4.69) is 34.5 Å². The van der Waals surface area contributed by atoms with E-state index in [0.29, 0.717) is 0 Å². The van der Waals surface area contributed by atoms with Crippen LogP contribution in [0.5, 0.6) is 11.5 Å². The molecule has 4 heteroatoms. The van der Waals surface area contributed by atoms with E-state index in [-0.39, 0.29) is 4.97 Å². The molecule has 0 fully saturated rings. The van der Waals surface area contributed by atoms with Crippen molar-refractivity contribution in [3.05, 3.63) is 36.4 Å². The summed E-state index contributed by atoms with van der Waals surface area (Å²) in [5.41, 5.74) is 0. The molecule has 3 rings (SSSR count). The van der Waals surface area contributed by atoms with E-state index in [0.717, 1.165) is 22.3 Å². The van der Waals surface area contributed by atoms with E-state index in [1.165, 1.54) is 0 Å². The van der Waals surface area contributed by atoms with Crippen LogP contribution in [0.3, 0.4) is 0 Å². The van der Waals surface area contributed by atoms with Crippen molar-refractivity contribution in [2.75, 3.05) is 0 Å². The summed E-state index contributed by atoms with van der Waals surface area (Å²) < 4.78 is 11.1. The van der Waals surface area contributed by atoms with Gasteiger partial charge in [0.2, 0.25) is 0 Å². The summed E-state index contributed by atoms with van der Waals surface area (Å²) in [7, 11) is 0. The van der Waals surface area contributed by atoms with Crippen molar-refractivity contribution in [1.82, 2.24) is 0 Å². The van der Waals surface area contributed by atoms with Crippen molar-refractivity contribution in [3.63, 3.8) is 0 Å². The predicted molar refractivity (Wildman–Crippen MR) is 65.0 cm³/mol. The topological polar surface area (TPSA) is 18.5 Å². The Morgan fingerprint density at radius 1 is 0.929 bits per heavy atom. The Balaban J connectivity index is 2.40. The van der Waals surface area contributed by atoms with Gasteiger partial charge in [0.15, 0.2) is 0 Å². The lowest BCUT2D eigenvalue weighted by atomic mass is 10.1. The molecule has 2 nitrogen and oxygen atoms in total. The van der Waals surface area contributed by atoms with Crippen LogP contribution in [0.25, 0.3) is 10.8 Å². The molecule has 0 aromatic heterocycles. The third kappa shape index (κ3) is 1.17. The summed E-state index contributed by atoms with van der Waals surface area (Å²) in [6, 6.07) is 12.1. The fourth-order valence-corrected chi connectivity index (χ4v) is 2.24. The van der Waals surface area contributed by atoms with E-state index in [9.17, 15) is 0 Å². The molecule has 2 aromatic rings. The second kappa shape index (κ2) is 3.05. The summed E-state index contributed by atoms with van der Waals surface area (Å²) in [6.45, 7) is 0. The van der Waals surface area contributed by atoms with E-state index >= 15 is 0 Å². The van der Waals surface area contributed by atoms with Gasteiger partial charge in [0.1, 0.15) is 11.5 Å². The predicted octanol–water partition coefficient (Wildman–Crippen LogP) is 3.03. The Bertz CT molecular complexity index is 460. The molecule has 1 aliphatic heterocycles. The third-order valence-electron chi connectivity index (χ3n) is 2.27. The maximum atomic E-state index is 5.57. The second-order valence-corrected chi connectivity index (χ2v) is 4.14. The van der Waals surface area contributed by atoms with Crippen LogP contribution in [-0.4, -0.2) is 4.97 Å². The minimum atomic E-state index is -0.229. The van der Waals surface area contributed by atoms with Crippen LogP contribution in [0.4, 0.5) is 0 Å². The number of hydrogen-bond acceptors (Lipinski definition) is 2. The van der Waals surface area contributed by atoms with Gasteiger partial charge in [0.25, 0.3) is 0 Å². The maximum absolute atomic E-state index is 5.57. The zero-order valence-corrected chi connectivity index (χ0v) is 9.39. The lowest BCUT2D eigenvalue weighted by Gasteiger charge is -2.21. The quantitative estimate of drug-likeness (QED) is 0.549. The second-order valence-electron chi connectivity index (χ2n) is 3.12. The molecule has 2 aromatic carbocycles. The number of halogens is 1. The van der Waals surface area contributed by atoms with Crippen LogP contribution >= 0.6 is 22.4 Å². The molecule has 0 aliphatic carbocycles. The van der Waals surface area contributed by atoms with Crippen LogP contribution in [0.1, 0.15) is 0 Å². The van der Waals surface area contributed by atoms with Gasteiger partial charge in [-0.2, -0.15) is 0 Å². The average Bonchev–Trinajstić information content (AvgIpc) is 2.18. The van der Waals surface area contributed by atoms with E-state index < -0.39 is 0 Å². The van der Waals surface area contributed by atoms with E-state index in [1.807, 2.05) is 24.3 Å². The summed E-state index contributed by atoms with van der Waals surface area (Å²) in [5, 5.41) is 2.23. The molecule has 0 amide bonds. The number of rotatable bonds is 0. The van der Waals surface area contributed by atoms with Crippen LogP contribution in [0, 0.1) is 0 Å². The van der Waals surface area contributed by atoms with Crippen molar-refractivity contribution in [2.24, 2.45) is 0 Å². The molecule has 0 N–H and O–H groups in total. The Labute approximate surface area is 95.2 Å². The number of benzene rings is 2. The van der Waals surface area contributed by atoms with Crippen LogP contribution in [0.15, 0.2) is 36.4 Å². The third-order valence-corrected chi connectivity index (χ3v) is 2.78. The van der Waals surface area contributed by atoms with Crippen LogP contribution < -0.4 is 9.31 Å². The van der Waals surface area contributed by atoms with Gasteiger partial charge in [-0.15, -0.1) is 0 Å². The largest absolute Gasteiger partial charge is 0.669 e. The fourth-order valence-electron chi connectivity index (χ4n) is 1.69. The zero-order chi connectivity index (χ0) is 9.54. The van der Waals surface area contributed by atoms with Crippen molar-refractivity contribution in [1.29, 1.82) is 0 Å². The first-order valence-electron chi connectivity index (χ1n) is 4.34. The van der Waals surface area contributed by atoms with Crippen LogP contribution in [-0.2, 0) is 0 Å². The Morgan fingerprint density at radius 3 is 2.07 bits per heavy atom. The summed E-state index contributed by atoms with van der Waals surface area (Å²) in [5.74, 6) is 1.81. The minimum Gasteiger partial charge on any atom is -0.517 e. The smallest absolute Gasteiger partial charge is 0.517 e. The zero-order valence-electron chi connectivity index (χ0n) is 7.24. The minimum absolute atomic E-state index is 0.229. The highest BCUT2D eigenvalue weighted by atomic mass is 127. The first-order valence-corrected chi connectivity index (χ1v) is 5.58. The average molecular weight is 296 g/mol. The van der Waals surface area contributed by atoms with Gasteiger partial charge in [0, 0.05) is 0 Å². The standard InChI is InChI=1S/C10H6BIO2/c12-11-13-8-5-1-3-7-4-2-6-9(14-11)10(7)8/h1-6H. The molecular formula is C10H6BIO2. The fraction of sp³-hybridized carbons (Fsp3) is 0. The molecule has 0 saturated carbocycles. The maximum Gasteiger partial charge on any atom is 0.669 e. The lowest BCUT2D eigenvalue weighted by molar-refractivity contribution is 0.443. The SMILES string of the molecule is IB1Oc2cccc3cccc(c23)O1. The van der Waals surface area contributed by atoms with E-state index in [4.69, 9.17) is 9.31 Å². The van der Waals surface area contributed by atoms with E-state index in [1.54, 1.807) is 0 Å². The molecule has 0 unspecified atom stereocenters. The van der Waals surface area contributed by atoms with Gasteiger partial charge in [-0.3, -0.25) is 0 Å². The van der Waals surface area contributed by atoms with Gasteiger partial charge >= 0.3 is 4.97 Å². The summed E-state index contributed by atoms with van der Waals surface area (Å²) in [4.78, 5) is -0.229. The molecule has 0 bridgehead atoms. The molecule has 0 saturated heterocycles. The van der Waals surface area contributed by atoms with Crippen molar-refractivity contribution in [2.45, 2.75) is 0 Å². The molecule has 0 atom stereocenters. The first kappa shape index (κ1) is 8.41. The van der Waals surface area contributed by atoms with Crippen molar-refractivity contribution < 1.29 is 9.31 Å². The number of hydrogen-bond donors (Lipinski definition) is 0. The molecule has 1 aliphatic rings. The van der Waals surface area contributed by atoms with Gasteiger partial charge in [0.05, 0.1) is 5.39 Å². The summed E-state index contributed by atoms with van der Waals surface area (Å²) in [6.07, 6.45) is 0. The summed E-state index contributed by atoms with van der Waals surface area (Å²) >= 11 is 2.12. The molecule has 0 radical (unpaired) electrons. The van der Waals surface area contributed by atoms with Gasteiger partial charge in [-0.25, -0.2) is 0 Å². The van der Waals surface area contributed by atoms with Crippen molar-refractivity contribution in [3.8, 4) is 11.5 Å². The Morgan fingerprint density at radius 2 is 1.50 bits per heavy atom. The highest BCUT2D eigenvalue weighted by Gasteiger charge is 2.26. The monoisotopic (exact) mass is 296 g/mol. The van der Waals surface area contributed by atoms with Crippen molar-refractivity contribution >= 4 is 38.1 Å². The molecular weight excluding hydrogens is 290 g/mol.